The number of carbonyl (C=O) groups excluding carboxylic acids is 2. The molecular weight excluding hydrogens is 453 g/mol. The van der Waals surface area contributed by atoms with Crippen molar-refractivity contribution in [2.24, 2.45) is 5.73 Å². The lowest BCUT2D eigenvalue weighted by molar-refractivity contribution is -0.141. The summed E-state index contributed by atoms with van der Waals surface area (Å²) in [7, 11) is 0. The molecule has 2 aromatic carbocycles. The number of halogens is 3. The van der Waals surface area contributed by atoms with Crippen LogP contribution in [0.1, 0.15) is 12.0 Å². The van der Waals surface area contributed by atoms with E-state index in [1.54, 1.807) is 30.3 Å². The zero-order valence-corrected chi connectivity index (χ0v) is 18.5. The van der Waals surface area contributed by atoms with Crippen molar-refractivity contribution in [1.29, 1.82) is 0 Å². The van der Waals surface area contributed by atoms with Crippen LogP contribution in [0.25, 0.3) is 11.3 Å². The normalized spacial score (nSPS) is 11.4. The Balaban J connectivity index is 1.77. The van der Waals surface area contributed by atoms with Crippen LogP contribution in [-0.4, -0.2) is 44.7 Å². The molecule has 3 rings (SSSR count). The van der Waals surface area contributed by atoms with Gasteiger partial charge in [-0.1, -0.05) is 72.4 Å². The van der Waals surface area contributed by atoms with Gasteiger partial charge in [-0.2, -0.15) is 13.2 Å². The number of amides is 2. The monoisotopic (exact) mass is 476 g/mol. The summed E-state index contributed by atoms with van der Waals surface area (Å²) < 4.78 is 40.9. The Morgan fingerprint density at radius 3 is 2.27 bits per heavy atom. The van der Waals surface area contributed by atoms with E-state index in [1.165, 1.54) is 11.1 Å². The highest BCUT2D eigenvalue weighted by atomic mass is 32.2. The van der Waals surface area contributed by atoms with Crippen LogP contribution in [-0.2, 0) is 22.7 Å². The van der Waals surface area contributed by atoms with Gasteiger partial charge < -0.3 is 15.2 Å². The highest BCUT2D eigenvalue weighted by molar-refractivity contribution is 7.99. The van der Waals surface area contributed by atoms with E-state index in [1.807, 2.05) is 30.3 Å². The first-order valence-electron chi connectivity index (χ1n) is 10.1. The summed E-state index contributed by atoms with van der Waals surface area (Å²) in [6, 6.07) is 17.9. The molecule has 10 heteroatoms. The number of hydrogen-bond donors (Lipinski definition) is 1. The Morgan fingerprint density at radius 2 is 1.67 bits per heavy atom. The number of thioether (sulfide) groups is 1. The standard InChI is InChI=1S/C23H23F3N4O2S/c24-23(25,26)16-30-19(18-9-5-2-6-10-18)13-28-22(30)33-15-21(32)29(12-11-20(27)31)14-17-7-3-1-4-8-17/h1-10,13H,11-12,14-16H2,(H2,27,31). The third-order valence-electron chi connectivity index (χ3n) is 4.75. The minimum absolute atomic E-state index is 0.00983. The van der Waals surface area contributed by atoms with E-state index in [4.69, 9.17) is 5.73 Å². The number of aromatic nitrogens is 2. The SMILES string of the molecule is NC(=O)CCN(Cc1ccccc1)C(=O)CSc1ncc(-c2ccccc2)n1CC(F)(F)F. The predicted molar refractivity (Wildman–Crippen MR) is 120 cm³/mol. The highest BCUT2D eigenvalue weighted by Gasteiger charge is 2.31. The van der Waals surface area contributed by atoms with Crippen molar-refractivity contribution in [2.45, 2.75) is 30.8 Å². The Hall–Kier alpha value is -3.27. The minimum atomic E-state index is -4.45. The molecule has 0 unspecified atom stereocenters. The smallest absolute Gasteiger partial charge is 0.370 e. The summed E-state index contributed by atoms with van der Waals surface area (Å²) in [5.41, 5.74) is 7.01. The summed E-state index contributed by atoms with van der Waals surface area (Å²) >= 11 is 0.929. The van der Waals surface area contributed by atoms with E-state index in [9.17, 15) is 22.8 Å². The number of rotatable bonds is 10. The van der Waals surface area contributed by atoms with E-state index in [0.717, 1.165) is 21.9 Å². The van der Waals surface area contributed by atoms with Crippen molar-refractivity contribution in [3.63, 3.8) is 0 Å². The average molecular weight is 477 g/mol. The summed E-state index contributed by atoms with van der Waals surface area (Å²) in [5.74, 6) is -0.996. The van der Waals surface area contributed by atoms with Crippen LogP contribution in [0, 0.1) is 0 Å². The van der Waals surface area contributed by atoms with Crippen LogP contribution >= 0.6 is 11.8 Å². The second kappa shape index (κ2) is 11.0. The fourth-order valence-corrected chi connectivity index (χ4v) is 4.08. The second-order valence-electron chi connectivity index (χ2n) is 7.30. The van der Waals surface area contributed by atoms with Gasteiger partial charge in [0.25, 0.3) is 0 Å². The molecule has 0 saturated heterocycles. The van der Waals surface area contributed by atoms with Gasteiger partial charge in [-0.25, -0.2) is 4.98 Å². The predicted octanol–water partition coefficient (Wildman–Crippen LogP) is 4.11. The Kier molecular flexibility index (Phi) is 8.16. The largest absolute Gasteiger partial charge is 0.406 e. The average Bonchev–Trinajstić information content (AvgIpc) is 3.16. The zero-order chi connectivity index (χ0) is 23.8. The lowest BCUT2D eigenvalue weighted by Gasteiger charge is -2.22. The molecule has 33 heavy (non-hydrogen) atoms. The molecule has 3 aromatic rings. The maximum absolute atomic E-state index is 13.3. The quantitative estimate of drug-likeness (QED) is 0.447. The van der Waals surface area contributed by atoms with Crippen molar-refractivity contribution in [2.75, 3.05) is 12.3 Å². The first kappa shape index (κ1) is 24.4. The molecule has 6 nitrogen and oxygen atoms in total. The third-order valence-corrected chi connectivity index (χ3v) is 5.72. The number of benzene rings is 2. The summed E-state index contributed by atoms with van der Waals surface area (Å²) in [6.07, 6.45) is -3.09. The van der Waals surface area contributed by atoms with E-state index < -0.39 is 18.6 Å². The number of primary amides is 1. The molecule has 0 saturated carbocycles. The summed E-state index contributed by atoms with van der Waals surface area (Å²) in [6.45, 7) is -0.835. The summed E-state index contributed by atoms with van der Waals surface area (Å²) in [5, 5.41) is 0.0918. The number of nitrogens with two attached hydrogens (primary N) is 1. The van der Waals surface area contributed by atoms with Crippen LogP contribution in [0.5, 0.6) is 0 Å². The van der Waals surface area contributed by atoms with Gasteiger partial charge in [0.05, 0.1) is 17.6 Å². The number of alkyl halides is 3. The number of hydrogen-bond acceptors (Lipinski definition) is 4. The number of imidazole rings is 1. The third kappa shape index (κ3) is 7.38. The molecule has 1 aromatic heterocycles. The molecule has 0 radical (unpaired) electrons. The molecule has 174 valence electrons. The maximum Gasteiger partial charge on any atom is 0.406 e. The number of nitrogens with zero attached hydrogens (tertiary/aromatic N) is 3. The van der Waals surface area contributed by atoms with Gasteiger partial charge >= 0.3 is 6.18 Å². The molecule has 2 amide bonds. The van der Waals surface area contributed by atoms with Crippen molar-refractivity contribution >= 4 is 23.6 Å². The van der Waals surface area contributed by atoms with Gasteiger partial charge in [-0.15, -0.1) is 0 Å². The lowest BCUT2D eigenvalue weighted by atomic mass is 10.2. The molecule has 0 aliphatic rings. The molecular formula is C23H23F3N4O2S. The number of carbonyl (C=O) groups is 2. The molecule has 1 heterocycles. The van der Waals surface area contributed by atoms with Crippen molar-refractivity contribution < 1.29 is 22.8 Å². The van der Waals surface area contributed by atoms with E-state index in [-0.39, 0.29) is 36.3 Å². The van der Waals surface area contributed by atoms with Crippen LogP contribution in [0.2, 0.25) is 0 Å². The lowest BCUT2D eigenvalue weighted by Crippen LogP contribution is -2.35. The van der Waals surface area contributed by atoms with Gasteiger partial charge in [0.15, 0.2) is 5.16 Å². The van der Waals surface area contributed by atoms with Gasteiger partial charge in [0.2, 0.25) is 11.8 Å². The Morgan fingerprint density at radius 1 is 1.03 bits per heavy atom. The molecule has 0 aliphatic heterocycles. The van der Waals surface area contributed by atoms with Crippen molar-refractivity contribution in [3.05, 3.63) is 72.4 Å². The molecule has 0 atom stereocenters. The first-order valence-corrected chi connectivity index (χ1v) is 11.1. The van der Waals surface area contributed by atoms with Gasteiger partial charge in [-0.05, 0) is 11.1 Å². The van der Waals surface area contributed by atoms with Gasteiger partial charge in [0.1, 0.15) is 6.54 Å². The minimum Gasteiger partial charge on any atom is -0.370 e. The Bertz CT molecular complexity index is 1070. The highest BCUT2D eigenvalue weighted by Crippen LogP contribution is 2.30. The second-order valence-corrected chi connectivity index (χ2v) is 8.24. The topological polar surface area (TPSA) is 81.2 Å². The van der Waals surface area contributed by atoms with E-state index >= 15 is 0 Å². The Labute approximate surface area is 193 Å². The first-order chi connectivity index (χ1) is 15.7. The fraction of sp³-hybridized carbons (Fsp3) is 0.261. The van der Waals surface area contributed by atoms with Crippen LogP contribution < -0.4 is 5.73 Å². The van der Waals surface area contributed by atoms with Crippen LogP contribution in [0.3, 0.4) is 0 Å². The van der Waals surface area contributed by atoms with Crippen LogP contribution in [0.4, 0.5) is 13.2 Å². The molecule has 0 fully saturated rings. The van der Waals surface area contributed by atoms with Gasteiger partial charge in [0, 0.05) is 19.5 Å². The maximum atomic E-state index is 13.3. The van der Waals surface area contributed by atoms with Gasteiger partial charge in [-0.3, -0.25) is 9.59 Å². The van der Waals surface area contributed by atoms with E-state index in [2.05, 4.69) is 4.98 Å². The molecule has 0 bridgehead atoms. The van der Waals surface area contributed by atoms with Crippen LogP contribution in [0.15, 0.2) is 72.0 Å². The zero-order valence-electron chi connectivity index (χ0n) is 17.7. The van der Waals surface area contributed by atoms with Crippen molar-refractivity contribution in [3.8, 4) is 11.3 Å². The van der Waals surface area contributed by atoms with Crippen molar-refractivity contribution in [1.82, 2.24) is 14.5 Å². The molecule has 0 spiro atoms. The van der Waals surface area contributed by atoms with E-state index in [0.29, 0.717) is 11.3 Å². The fourth-order valence-electron chi connectivity index (χ4n) is 3.20. The molecule has 2 N–H and O–H groups in total. The molecule has 0 aliphatic carbocycles. The summed E-state index contributed by atoms with van der Waals surface area (Å²) in [4.78, 5) is 29.8.